The van der Waals surface area contributed by atoms with Gasteiger partial charge >= 0.3 is 0 Å². The Morgan fingerprint density at radius 3 is 2.59 bits per heavy atom. The largest absolute Gasteiger partial charge is 0.335 e. The lowest BCUT2D eigenvalue weighted by molar-refractivity contribution is -0.134. The van der Waals surface area contributed by atoms with Gasteiger partial charge < -0.3 is 14.4 Å². The second kappa shape index (κ2) is 7.90. The van der Waals surface area contributed by atoms with Crippen molar-refractivity contribution in [3.05, 3.63) is 53.9 Å². The Labute approximate surface area is 158 Å². The molecule has 1 atom stereocenters. The average molecular weight is 372 g/mol. The highest BCUT2D eigenvalue weighted by Crippen LogP contribution is 2.22. The maximum Gasteiger partial charge on any atom is 0.272 e. The van der Waals surface area contributed by atoms with E-state index in [2.05, 4.69) is 4.98 Å². The molecule has 1 aliphatic rings. The van der Waals surface area contributed by atoms with Gasteiger partial charge in [0.1, 0.15) is 11.5 Å². The molecule has 2 heterocycles. The first-order valence-corrected chi connectivity index (χ1v) is 9.16. The number of hydrogen-bond acceptors (Lipinski definition) is 3. The van der Waals surface area contributed by atoms with Crippen molar-refractivity contribution in [3.63, 3.8) is 0 Å². The number of carbonyl (C=O) groups is 2. The summed E-state index contributed by atoms with van der Waals surface area (Å²) in [7, 11) is 1.78. The molecule has 0 saturated carbocycles. The van der Waals surface area contributed by atoms with Gasteiger partial charge in [-0.2, -0.15) is 0 Å². The molecule has 1 aliphatic heterocycles. The number of imidazole rings is 1. The van der Waals surface area contributed by atoms with E-state index in [1.807, 2.05) is 18.7 Å². The fourth-order valence-corrected chi connectivity index (χ4v) is 3.45. The molecule has 0 aliphatic carbocycles. The Balaban J connectivity index is 1.83. The normalized spacial score (nSPS) is 18.1. The van der Waals surface area contributed by atoms with Crippen molar-refractivity contribution in [3.8, 4) is 0 Å². The Morgan fingerprint density at radius 1 is 1.30 bits per heavy atom. The van der Waals surface area contributed by atoms with Gasteiger partial charge in [-0.25, -0.2) is 9.37 Å². The molecule has 1 aromatic carbocycles. The van der Waals surface area contributed by atoms with Crippen LogP contribution >= 0.6 is 0 Å². The molecule has 1 aromatic heterocycles. The van der Waals surface area contributed by atoms with Crippen LogP contribution in [0.1, 0.15) is 36.3 Å². The van der Waals surface area contributed by atoms with Crippen molar-refractivity contribution in [1.29, 1.82) is 0 Å². The zero-order valence-corrected chi connectivity index (χ0v) is 15.9. The number of rotatable bonds is 4. The molecule has 144 valence electrons. The second-order valence-corrected chi connectivity index (χ2v) is 7.35. The summed E-state index contributed by atoms with van der Waals surface area (Å²) in [6.45, 7) is 5.36. The molecule has 0 spiro atoms. The number of amides is 2. The van der Waals surface area contributed by atoms with E-state index in [-0.39, 0.29) is 36.0 Å². The minimum atomic E-state index is -0.297. The predicted molar refractivity (Wildman–Crippen MR) is 99.3 cm³/mol. The van der Waals surface area contributed by atoms with Crippen molar-refractivity contribution in [2.24, 2.45) is 13.0 Å². The van der Waals surface area contributed by atoms with Crippen molar-refractivity contribution in [2.75, 3.05) is 13.1 Å². The first kappa shape index (κ1) is 19.1. The molecular formula is C20H25FN4O2. The average Bonchev–Trinajstić information content (AvgIpc) is 2.99. The molecule has 7 heteroatoms. The Bertz CT molecular complexity index is 816. The molecule has 6 nitrogen and oxygen atoms in total. The number of aryl methyl sites for hydroxylation is 1. The second-order valence-electron chi connectivity index (χ2n) is 7.35. The summed E-state index contributed by atoms with van der Waals surface area (Å²) in [5.74, 6) is -0.223. The van der Waals surface area contributed by atoms with Crippen LogP contribution in [0, 0.1) is 11.7 Å². The van der Waals surface area contributed by atoms with E-state index in [0.717, 1.165) is 5.56 Å². The van der Waals surface area contributed by atoms with E-state index in [1.54, 1.807) is 41.2 Å². The van der Waals surface area contributed by atoms with Crippen LogP contribution in [-0.2, 0) is 18.4 Å². The summed E-state index contributed by atoms with van der Waals surface area (Å²) in [4.78, 5) is 33.3. The quantitative estimate of drug-likeness (QED) is 0.828. The van der Waals surface area contributed by atoms with Crippen LogP contribution in [-0.4, -0.2) is 50.3 Å². The van der Waals surface area contributed by atoms with Crippen molar-refractivity contribution in [2.45, 2.75) is 32.9 Å². The van der Waals surface area contributed by atoms with Crippen LogP contribution in [0.25, 0.3) is 0 Å². The fraction of sp³-hybridized carbons (Fsp3) is 0.450. The number of benzene rings is 1. The van der Waals surface area contributed by atoms with Crippen molar-refractivity contribution < 1.29 is 14.0 Å². The summed E-state index contributed by atoms with van der Waals surface area (Å²) in [6, 6.07) is 6.09. The Kier molecular flexibility index (Phi) is 5.58. The third kappa shape index (κ3) is 4.18. The number of hydrogen-bond donors (Lipinski definition) is 0. The van der Waals surface area contributed by atoms with E-state index >= 15 is 0 Å². The van der Waals surface area contributed by atoms with Gasteiger partial charge in [0.25, 0.3) is 5.91 Å². The summed E-state index contributed by atoms with van der Waals surface area (Å²) in [6.07, 6.45) is 3.42. The van der Waals surface area contributed by atoms with Crippen LogP contribution < -0.4 is 0 Å². The zero-order chi connectivity index (χ0) is 19.6. The summed E-state index contributed by atoms with van der Waals surface area (Å²) >= 11 is 0. The van der Waals surface area contributed by atoms with Crippen LogP contribution in [0.15, 0.2) is 36.8 Å². The van der Waals surface area contributed by atoms with E-state index < -0.39 is 0 Å². The molecule has 3 rings (SSSR count). The van der Waals surface area contributed by atoms with Gasteiger partial charge in [-0.3, -0.25) is 9.59 Å². The van der Waals surface area contributed by atoms with E-state index in [9.17, 15) is 14.0 Å². The molecule has 0 unspecified atom stereocenters. The molecule has 0 radical (unpaired) electrons. The molecule has 2 aromatic rings. The highest BCUT2D eigenvalue weighted by atomic mass is 19.1. The topological polar surface area (TPSA) is 58.4 Å². The summed E-state index contributed by atoms with van der Waals surface area (Å²) < 4.78 is 14.9. The minimum Gasteiger partial charge on any atom is -0.335 e. The maximum atomic E-state index is 13.2. The van der Waals surface area contributed by atoms with Crippen LogP contribution in [0.3, 0.4) is 0 Å². The molecular weight excluding hydrogens is 347 g/mol. The highest BCUT2D eigenvalue weighted by molar-refractivity contribution is 5.93. The Hall–Kier alpha value is -2.70. The molecule has 0 bridgehead atoms. The monoisotopic (exact) mass is 372 g/mol. The lowest BCUT2D eigenvalue weighted by Crippen LogP contribution is -2.47. The van der Waals surface area contributed by atoms with E-state index in [1.165, 1.54) is 12.1 Å². The maximum absolute atomic E-state index is 13.2. The number of nitrogens with zero attached hydrogens (tertiary/aromatic N) is 4. The van der Waals surface area contributed by atoms with Gasteiger partial charge in [-0.05, 0) is 23.6 Å². The highest BCUT2D eigenvalue weighted by Gasteiger charge is 2.34. The summed E-state index contributed by atoms with van der Waals surface area (Å²) in [5.41, 5.74) is 1.39. The van der Waals surface area contributed by atoms with Gasteiger partial charge in [0.05, 0.1) is 18.6 Å². The standard InChI is InChI=1S/C20H25FN4O2/c1-14(2)18-12-24(20(27)17-10-22-13-23(17)3)9-8-19(26)25(18)11-15-4-6-16(21)7-5-15/h4-7,10,13-14,18H,8-9,11-12H2,1-3H3/t18-/m1/s1. The number of halogens is 1. The molecule has 2 amide bonds. The molecule has 0 N–H and O–H groups in total. The third-order valence-electron chi connectivity index (χ3n) is 5.08. The summed E-state index contributed by atoms with van der Waals surface area (Å²) in [5, 5.41) is 0. The van der Waals surface area contributed by atoms with Gasteiger partial charge in [-0.1, -0.05) is 26.0 Å². The van der Waals surface area contributed by atoms with Gasteiger partial charge in [0.15, 0.2) is 0 Å². The molecule has 1 fully saturated rings. The predicted octanol–water partition coefficient (Wildman–Crippen LogP) is 2.46. The van der Waals surface area contributed by atoms with E-state index in [0.29, 0.717) is 25.3 Å². The van der Waals surface area contributed by atoms with Crippen LogP contribution in [0.2, 0.25) is 0 Å². The third-order valence-corrected chi connectivity index (χ3v) is 5.08. The van der Waals surface area contributed by atoms with Gasteiger partial charge in [0, 0.05) is 33.1 Å². The van der Waals surface area contributed by atoms with Crippen LogP contribution in [0.4, 0.5) is 4.39 Å². The number of carbonyl (C=O) groups excluding carboxylic acids is 2. The molecule has 27 heavy (non-hydrogen) atoms. The number of aromatic nitrogens is 2. The Morgan fingerprint density at radius 2 is 2.00 bits per heavy atom. The fourth-order valence-electron chi connectivity index (χ4n) is 3.45. The van der Waals surface area contributed by atoms with Gasteiger partial charge in [-0.15, -0.1) is 0 Å². The zero-order valence-electron chi connectivity index (χ0n) is 15.9. The first-order valence-electron chi connectivity index (χ1n) is 9.16. The minimum absolute atomic E-state index is 0.0123. The first-order chi connectivity index (χ1) is 12.9. The van der Waals surface area contributed by atoms with Crippen molar-refractivity contribution >= 4 is 11.8 Å². The SMILES string of the molecule is CC(C)[C@H]1CN(C(=O)c2cncn2C)CCC(=O)N1Cc1ccc(F)cc1. The van der Waals surface area contributed by atoms with Crippen molar-refractivity contribution in [1.82, 2.24) is 19.4 Å². The molecule has 1 saturated heterocycles. The smallest absolute Gasteiger partial charge is 0.272 e. The van der Waals surface area contributed by atoms with Gasteiger partial charge in [0.2, 0.25) is 5.91 Å². The lowest BCUT2D eigenvalue weighted by Gasteiger charge is -2.34. The van der Waals surface area contributed by atoms with Crippen LogP contribution in [0.5, 0.6) is 0 Å². The van der Waals surface area contributed by atoms with E-state index in [4.69, 9.17) is 0 Å². The lowest BCUT2D eigenvalue weighted by atomic mass is 10.0.